The Morgan fingerprint density at radius 2 is 1.83 bits per heavy atom. The summed E-state index contributed by atoms with van der Waals surface area (Å²) in [5.41, 5.74) is 7.76. The van der Waals surface area contributed by atoms with Crippen LogP contribution in [0.15, 0.2) is 48.5 Å². The average molecular weight is 243 g/mol. The zero-order chi connectivity index (χ0) is 13.1. The van der Waals surface area contributed by atoms with Gasteiger partial charge in [0.15, 0.2) is 5.78 Å². The second-order valence-electron chi connectivity index (χ2n) is 4.21. The van der Waals surface area contributed by atoms with Gasteiger partial charge < -0.3 is 5.73 Å². The Bertz CT molecular complexity index is 566. The van der Waals surface area contributed by atoms with Crippen molar-refractivity contribution in [1.82, 2.24) is 0 Å². The minimum absolute atomic E-state index is 0.196. The Morgan fingerprint density at radius 3 is 2.44 bits per heavy atom. The van der Waals surface area contributed by atoms with Gasteiger partial charge in [-0.25, -0.2) is 4.39 Å². The Kier molecular flexibility index (Phi) is 3.53. The smallest absolute Gasteiger partial charge is 0.184 e. The number of aryl methyl sites for hydroxylation is 1. The van der Waals surface area contributed by atoms with E-state index >= 15 is 0 Å². The van der Waals surface area contributed by atoms with Gasteiger partial charge in [-0.3, -0.25) is 4.79 Å². The second-order valence-corrected chi connectivity index (χ2v) is 4.21. The number of Topliss-reactive ketones (excluding diaryl/α,β-unsaturated/α-hetero) is 1. The molecular weight excluding hydrogens is 229 g/mol. The molecule has 1 unspecified atom stereocenters. The number of carbonyl (C=O) groups excluding carboxylic acids is 1. The van der Waals surface area contributed by atoms with E-state index in [0.29, 0.717) is 11.1 Å². The molecule has 92 valence electrons. The maximum atomic E-state index is 13.0. The molecule has 18 heavy (non-hydrogen) atoms. The molecule has 2 aromatic carbocycles. The van der Waals surface area contributed by atoms with Crippen LogP contribution in [0.1, 0.15) is 27.5 Å². The van der Waals surface area contributed by atoms with Gasteiger partial charge in [-0.1, -0.05) is 30.3 Å². The molecule has 1 atom stereocenters. The van der Waals surface area contributed by atoms with Crippen molar-refractivity contribution in [2.24, 2.45) is 5.73 Å². The molecule has 0 aromatic heterocycles. The highest BCUT2D eigenvalue weighted by Gasteiger charge is 2.19. The zero-order valence-corrected chi connectivity index (χ0v) is 10.1. The fourth-order valence-electron chi connectivity index (χ4n) is 1.88. The summed E-state index contributed by atoms with van der Waals surface area (Å²) in [6, 6.07) is 12.5. The van der Waals surface area contributed by atoms with Crippen LogP contribution in [0, 0.1) is 12.7 Å². The lowest BCUT2D eigenvalue weighted by Gasteiger charge is -2.12. The third kappa shape index (κ3) is 2.46. The molecule has 0 spiro atoms. The van der Waals surface area contributed by atoms with Crippen molar-refractivity contribution in [1.29, 1.82) is 0 Å². The monoisotopic (exact) mass is 243 g/mol. The van der Waals surface area contributed by atoms with Gasteiger partial charge in [-0.05, 0) is 36.2 Å². The third-order valence-corrected chi connectivity index (χ3v) is 2.90. The summed E-state index contributed by atoms with van der Waals surface area (Å²) in [6.45, 7) is 1.70. The van der Waals surface area contributed by atoms with Gasteiger partial charge in [0.05, 0.1) is 6.04 Å². The van der Waals surface area contributed by atoms with Crippen LogP contribution in [0.5, 0.6) is 0 Å². The maximum absolute atomic E-state index is 13.0. The minimum atomic E-state index is -0.713. The Hall–Kier alpha value is -2.00. The number of ketones is 1. The SMILES string of the molecule is Cc1cc(F)ccc1C(=O)C(N)c1ccccc1. The van der Waals surface area contributed by atoms with E-state index in [1.165, 1.54) is 18.2 Å². The molecule has 0 aliphatic rings. The molecule has 2 aromatic rings. The lowest BCUT2D eigenvalue weighted by molar-refractivity contribution is 0.0960. The Morgan fingerprint density at radius 1 is 1.17 bits per heavy atom. The second kappa shape index (κ2) is 5.10. The summed E-state index contributed by atoms with van der Waals surface area (Å²) in [5.74, 6) is -0.545. The normalized spacial score (nSPS) is 12.2. The molecule has 0 aliphatic carbocycles. The first kappa shape index (κ1) is 12.5. The maximum Gasteiger partial charge on any atom is 0.184 e. The van der Waals surface area contributed by atoms with Crippen molar-refractivity contribution in [3.05, 3.63) is 71.0 Å². The molecule has 2 N–H and O–H groups in total. The van der Waals surface area contributed by atoms with Crippen LogP contribution in [0.3, 0.4) is 0 Å². The summed E-state index contributed by atoms with van der Waals surface area (Å²) < 4.78 is 13.0. The van der Waals surface area contributed by atoms with Crippen molar-refractivity contribution in [3.8, 4) is 0 Å². The van der Waals surface area contributed by atoms with E-state index in [9.17, 15) is 9.18 Å². The molecule has 0 amide bonds. The molecule has 0 saturated carbocycles. The molecule has 0 heterocycles. The first-order chi connectivity index (χ1) is 8.59. The van der Waals surface area contributed by atoms with Crippen molar-refractivity contribution in [3.63, 3.8) is 0 Å². The van der Waals surface area contributed by atoms with Gasteiger partial charge in [0.1, 0.15) is 5.82 Å². The van der Waals surface area contributed by atoms with Gasteiger partial charge in [0.25, 0.3) is 0 Å². The summed E-state index contributed by atoms with van der Waals surface area (Å²) in [4.78, 5) is 12.2. The summed E-state index contributed by atoms with van der Waals surface area (Å²) >= 11 is 0. The number of nitrogens with two attached hydrogens (primary N) is 1. The largest absolute Gasteiger partial charge is 0.318 e. The van der Waals surface area contributed by atoms with Crippen LogP contribution in [0.25, 0.3) is 0 Å². The van der Waals surface area contributed by atoms with E-state index in [1.54, 1.807) is 19.1 Å². The van der Waals surface area contributed by atoms with Crippen LogP contribution >= 0.6 is 0 Å². The fourth-order valence-corrected chi connectivity index (χ4v) is 1.88. The van der Waals surface area contributed by atoms with Crippen LogP contribution < -0.4 is 5.73 Å². The van der Waals surface area contributed by atoms with E-state index in [4.69, 9.17) is 5.73 Å². The van der Waals surface area contributed by atoms with Gasteiger partial charge in [-0.2, -0.15) is 0 Å². The average Bonchev–Trinajstić information content (AvgIpc) is 2.38. The van der Waals surface area contributed by atoms with Gasteiger partial charge >= 0.3 is 0 Å². The number of hydrogen-bond donors (Lipinski definition) is 1. The topological polar surface area (TPSA) is 43.1 Å². The Balaban J connectivity index is 2.32. The third-order valence-electron chi connectivity index (χ3n) is 2.90. The number of halogens is 1. The van der Waals surface area contributed by atoms with Crippen LogP contribution in [-0.4, -0.2) is 5.78 Å². The van der Waals surface area contributed by atoms with Crippen LogP contribution in [0.2, 0.25) is 0 Å². The van der Waals surface area contributed by atoms with Crippen LogP contribution in [0.4, 0.5) is 4.39 Å². The molecule has 2 nitrogen and oxygen atoms in total. The molecular formula is C15H14FNO. The van der Waals surface area contributed by atoms with Crippen LogP contribution in [-0.2, 0) is 0 Å². The molecule has 3 heteroatoms. The van der Waals surface area contributed by atoms with Gasteiger partial charge in [-0.15, -0.1) is 0 Å². The van der Waals surface area contributed by atoms with Gasteiger partial charge in [0.2, 0.25) is 0 Å². The van der Waals surface area contributed by atoms with E-state index in [0.717, 1.165) is 5.56 Å². The molecule has 0 aliphatic heterocycles. The van der Waals surface area contributed by atoms with Crippen molar-refractivity contribution in [2.45, 2.75) is 13.0 Å². The Labute approximate surface area is 105 Å². The lowest BCUT2D eigenvalue weighted by Crippen LogP contribution is -2.22. The fraction of sp³-hybridized carbons (Fsp3) is 0.133. The molecule has 0 bridgehead atoms. The molecule has 2 rings (SSSR count). The highest BCUT2D eigenvalue weighted by molar-refractivity contribution is 6.01. The zero-order valence-electron chi connectivity index (χ0n) is 10.1. The quantitative estimate of drug-likeness (QED) is 0.842. The van der Waals surface area contributed by atoms with E-state index in [2.05, 4.69) is 0 Å². The first-order valence-corrected chi connectivity index (χ1v) is 5.70. The minimum Gasteiger partial charge on any atom is -0.318 e. The summed E-state index contributed by atoms with van der Waals surface area (Å²) in [7, 11) is 0. The molecule has 0 saturated heterocycles. The first-order valence-electron chi connectivity index (χ1n) is 5.70. The van der Waals surface area contributed by atoms with E-state index in [1.807, 2.05) is 18.2 Å². The number of rotatable bonds is 3. The predicted molar refractivity (Wildman–Crippen MR) is 68.8 cm³/mol. The van der Waals surface area contributed by atoms with E-state index in [-0.39, 0.29) is 11.6 Å². The highest BCUT2D eigenvalue weighted by atomic mass is 19.1. The number of hydrogen-bond acceptors (Lipinski definition) is 2. The van der Waals surface area contributed by atoms with E-state index < -0.39 is 6.04 Å². The van der Waals surface area contributed by atoms with Gasteiger partial charge in [0, 0.05) is 5.56 Å². The van der Waals surface area contributed by atoms with Crippen molar-refractivity contribution >= 4 is 5.78 Å². The molecule has 0 radical (unpaired) electrons. The number of carbonyl (C=O) groups is 1. The predicted octanol–water partition coefficient (Wildman–Crippen LogP) is 3.02. The van der Waals surface area contributed by atoms with Crippen molar-refractivity contribution in [2.75, 3.05) is 0 Å². The van der Waals surface area contributed by atoms with Crippen molar-refractivity contribution < 1.29 is 9.18 Å². The summed E-state index contributed by atoms with van der Waals surface area (Å²) in [6.07, 6.45) is 0. The highest BCUT2D eigenvalue weighted by Crippen LogP contribution is 2.19. The standard InChI is InChI=1S/C15H14FNO/c1-10-9-12(16)7-8-13(10)15(18)14(17)11-5-3-2-4-6-11/h2-9,14H,17H2,1H3. The lowest BCUT2D eigenvalue weighted by atomic mass is 9.95. The summed E-state index contributed by atoms with van der Waals surface area (Å²) in [5, 5.41) is 0. The number of benzene rings is 2. The molecule has 0 fully saturated rings.